The SMILES string of the molecule is COC(=O)c1nc2cccc(OS(=O)(=O)C(F)(F)F)c2nc1N1CCCc2ccccc21. The maximum absolute atomic E-state index is 12.9. The van der Waals surface area contributed by atoms with Crippen molar-refractivity contribution in [3.63, 3.8) is 0 Å². The molecule has 0 atom stereocenters. The van der Waals surface area contributed by atoms with Crippen LogP contribution in [0.5, 0.6) is 5.75 Å². The van der Waals surface area contributed by atoms with E-state index in [1.54, 1.807) is 11.0 Å². The Kier molecular flexibility index (Phi) is 5.41. The molecule has 0 radical (unpaired) electrons. The summed E-state index contributed by atoms with van der Waals surface area (Å²) >= 11 is 0. The summed E-state index contributed by atoms with van der Waals surface area (Å²) in [5.74, 6) is -1.43. The molecule has 2 aromatic carbocycles. The number of anilines is 2. The van der Waals surface area contributed by atoms with E-state index in [1.807, 2.05) is 18.2 Å². The molecule has 168 valence electrons. The first-order valence-electron chi connectivity index (χ1n) is 9.37. The molecule has 0 amide bonds. The van der Waals surface area contributed by atoms with Gasteiger partial charge in [0, 0.05) is 12.2 Å². The third-order valence-electron chi connectivity index (χ3n) is 4.87. The fourth-order valence-corrected chi connectivity index (χ4v) is 3.92. The van der Waals surface area contributed by atoms with Crippen LogP contribution in [0.25, 0.3) is 11.0 Å². The number of fused-ring (bicyclic) bond motifs is 2. The van der Waals surface area contributed by atoms with Gasteiger partial charge < -0.3 is 13.8 Å². The number of alkyl halides is 3. The van der Waals surface area contributed by atoms with Crippen LogP contribution in [0.1, 0.15) is 22.5 Å². The summed E-state index contributed by atoms with van der Waals surface area (Å²) in [6.45, 7) is 0.449. The minimum Gasteiger partial charge on any atom is -0.464 e. The molecule has 0 saturated carbocycles. The number of nitrogens with zero attached hydrogens (tertiary/aromatic N) is 3. The topological polar surface area (TPSA) is 98.7 Å². The van der Waals surface area contributed by atoms with Gasteiger partial charge in [0.1, 0.15) is 5.52 Å². The van der Waals surface area contributed by atoms with E-state index in [4.69, 9.17) is 4.74 Å². The fraction of sp³-hybridized carbons (Fsp3) is 0.250. The molecule has 0 fully saturated rings. The van der Waals surface area contributed by atoms with Crippen molar-refractivity contribution in [3.05, 3.63) is 53.7 Å². The van der Waals surface area contributed by atoms with Gasteiger partial charge >= 0.3 is 21.6 Å². The highest BCUT2D eigenvalue weighted by Gasteiger charge is 2.49. The molecule has 2 heterocycles. The van der Waals surface area contributed by atoms with Crippen molar-refractivity contribution in [2.24, 2.45) is 0 Å². The van der Waals surface area contributed by atoms with Crippen molar-refractivity contribution in [3.8, 4) is 5.75 Å². The molecule has 0 spiro atoms. The summed E-state index contributed by atoms with van der Waals surface area (Å²) in [5.41, 5.74) is -4.32. The van der Waals surface area contributed by atoms with Crippen molar-refractivity contribution < 1.29 is 35.3 Å². The predicted molar refractivity (Wildman–Crippen MR) is 108 cm³/mol. The number of ether oxygens (including phenoxy) is 1. The maximum atomic E-state index is 12.9. The number of aromatic nitrogens is 2. The van der Waals surface area contributed by atoms with Gasteiger partial charge in [0.2, 0.25) is 0 Å². The largest absolute Gasteiger partial charge is 0.534 e. The van der Waals surface area contributed by atoms with E-state index in [0.717, 1.165) is 37.3 Å². The Morgan fingerprint density at radius 2 is 1.84 bits per heavy atom. The van der Waals surface area contributed by atoms with Crippen molar-refractivity contribution in [1.82, 2.24) is 9.97 Å². The lowest BCUT2D eigenvalue weighted by Gasteiger charge is -2.31. The highest BCUT2D eigenvalue weighted by molar-refractivity contribution is 7.88. The summed E-state index contributed by atoms with van der Waals surface area (Å²) < 4.78 is 70.8. The molecule has 0 unspecified atom stereocenters. The molecule has 1 aliphatic heterocycles. The number of rotatable bonds is 4. The number of esters is 1. The van der Waals surface area contributed by atoms with Gasteiger partial charge in [-0.05, 0) is 36.6 Å². The minimum absolute atomic E-state index is 0.0250. The Bertz CT molecular complexity index is 1310. The van der Waals surface area contributed by atoms with Gasteiger partial charge in [-0.2, -0.15) is 21.6 Å². The van der Waals surface area contributed by atoms with Crippen LogP contribution in [0, 0.1) is 0 Å². The summed E-state index contributed by atoms with van der Waals surface area (Å²) in [6, 6.07) is 11.0. The van der Waals surface area contributed by atoms with E-state index in [9.17, 15) is 26.4 Å². The molecule has 1 aromatic heterocycles. The van der Waals surface area contributed by atoms with E-state index < -0.39 is 27.3 Å². The van der Waals surface area contributed by atoms with Crippen molar-refractivity contribution in [2.45, 2.75) is 18.3 Å². The van der Waals surface area contributed by atoms with Crippen LogP contribution in [-0.4, -0.2) is 43.5 Å². The fourth-order valence-electron chi connectivity index (χ4n) is 3.45. The summed E-state index contributed by atoms with van der Waals surface area (Å²) in [4.78, 5) is 22.7. The van der Waals surface area contributed by atoms with Gasteiger partial charge in [0.15, 0.2) is 17.3 Å². The summed E-state index contributed by atoms with van der Waals surface area (Å²) in [5, 5.41) is 0. The van der Waals surface area contributed by atoms with Gasteiger partial charge in [-0.3, -0.25) is 0 Å². The number of carbonyl (C=O) groups excluding carboxylic acids is 1. The lowest BCUT2D eigenvalue weighted by Crippen LogP contribution is -2.29. The number of methoxy groups -OCH3 is 1. The average Bonchev–Trinajstić information content (AvgIpc) is 2.76. The molecule has 1 aliphatic rings. The first kappa shape index (κ1) is 21.8. The predicted octanol–water partition coefficient (Wildman–Crippen LogP) is 3.73. The number of halogens is 3. The third kappa shape index (κ3) is 3.81. The van der Waals surface area contributed by atoms with Crippen LogP contribution in [-0.2, 0) is 21.3 Å². The van der Waals surface area contributed by atoms with Crippen molar-refractivity contribution >= 4 is 38.6 Å². The van der Waals surface area contributed by atoms with Gasteiger partial charge in [-0.15, -0.1) is 0 Å². The van der Waals surface area contributed by atoms with Gasteiger partial charge in [-0.25, -0.2) is 14.8 Å². The second kappa shape index (κ2) is 7.93. The lowest BCUT2D eigenvalue weighted by atomic mass is 10.0. The number of aryl methyl sites for hydroxylation is 1. The smallest absolute Gasteiger partial charge is 0.464 e. The standard InChI is InChI=1S/C20H16F3N3O5S/c1-30-19(27)17-18(26-11-5-7-12-6-2-3-9-14(12)26)25-16-13(24-17)8-4-10-15(16)31-32(28,29)20(21,22)23/h2-4,6,8-10H,5,7,11H2,1H3. The van der Waals surface area contributed by atoms with E-state index in [2.05, 4.69) is 14.2 Å². The Morgan fingerprint density at radius 1 is 1.09 bits per heavy atom. The Balaban J connectivity index is 1.93. The average molecular weight is 467 g/mol. The molecule has 12 heteroatoms. The van der Waals surface area contributed by atoms with Crippen LogP contribution >= 0.6 is 0 Å². The molecule has 0 saturated heterocycles. The molecule has 32 heavy (non-hydrogen) atoms. The van der Waals surface area contributed by atoms with Crippen molar-refractivity contribution in [1.29, 1.82) is 0 Å². The minimum atomic E-state index is -5.93. The monoisotopic (exact) mass is 467 g/mol. The third-order valence-corrected chi connectivity index (χ3v) is 5.83. The molecule has 4 rings (SSSR count). The van der Waals surface area contributed by atoms with E-state index in [0.29, 0.717) is 6.54 Å². The summed E-state index contributed by atoms with van der Waals surface area (Å²) in [6.07, 6.45) is 1.51. The van der Waals surface area contributed by atoms with Crippen molar-refractivity contribution in [2.75, 3.05) is 18.6 Å². The van der Waals surface area contributed by atoms with Crippen LogP contribution in [0.3, 0.4) is 0 Å². The Hall–Kier alpha value is -3.41. The van der Waals surface area contributed by atoms with Crippen LogP contribution in [0.4, 0.5) is 24.7 Å². The molecule has 0 N–H and O–H groups in total. The van der Waals surface area contributed by atoms with Gasteiger partial charge in [0.05, 0.1) is 12.6 Å². The van der Waals surface area contributed by atoms with Crippen LogP contribution < -0.4 is 9.08 Å². The first-order valence-corrected chi connectivity index (χ1v) is 10.8. The van der Waals surface area contributed by atoms with E-state index in [1.165, 1.54) is 12.1 Å². The molecular weight excluding hydrogens is 451 g/mol. The zero-order valence-electron chi connectivity index (χ0n) is 16.6. The number of para-hydroxylation sites is 2. The Morgan fingerprint density at radius 3 is 2.56 bits per heavy atom. The zero-order chi connectivity index (χ0) is 23.1. The molecule has 3 aromatic rings. The second-order valence-corrected chi connectivity index (χ2v) is 8.42. The number of hydrogen-bond acceptors (Lipinski definition) is 8. The number of hydrogen-bond donors (Lipinski definition) is 0. The zero-order valence-corrected chi connectivity index (χ0v) is 17.4. The number of carbonyl (C=O) groups is 1. The number of benzene rings is 2. The van der Waals surface area contributed by atoms with Crippen LogP contribution in [0.15, 0.2) is 42.5 Å². The normalized spacial score (nSPS) is 14.2. The van der Waals surface area contributed by atoms with E-state index in [-0.39, 0.29) is 22.5 Å². The van der Waals surface area contributed by atoms with Gasteiger partial charge in [0.25, 0.3) is 0 Å². The highest BCUT2D eigenvalue weighted by Crippen LogP contribution is 2.37. The highest BCUT2D eigenvalue weighted by atomic mass is 32.2. The maximum Gasteiger partial charge on any atom is 0.534 e. The van der Waals surface area contributed by atoms with Crippen LogP contribution in [0.2, 0.25) is 0 Å². The quantitative estimate of drug-likeness (QED) is 0.325. The molecule has 8 nitrogen and oxygen atoms in total. The molecular formula is C20H16F3N3O5S. The second-order valence-electron chi connectivity index (χ2n) is 6.88. The first-order chi connectivity index (χ1) is 15.1. The summed E-state index contributed by atoms with van der Waals surface area (Å²) in [7, 11) is -4.77. The molecule has 0 aliphatic carbocycles. The Labute approximate surface area is 180 Å². The lowest BCUT2D eigenvalue weighted by molar-refractivity contribution is -0.0499. The van der Waals surface area contributed by atoms with E-state index >= 15 is 0 Å². The van der Waals surface area contributed by atoms with Gasteiger partial charge in [-0.1, -0.05) is 24.3 Å². The molecule has 0 bridgehead atoms.